The SMILES string of the molecule is CCCCCC(CC)C(=O)C(=O)C(C)(C)CC. The average molecular weight is 240 g/mol. The van der Waals surface area contributed by atoms with E-state index in [9.17, 15) is 9.59 Å². The van der Waals surface area contributed by atoms with Gasteiger partial charge in [0, 0.05) is 11.3 Å². The molecule has 0 bridgehead atoms. The Labute approximate surface area is 106 Å². The molecule has 0 fully saturated rings. The third-order valence-corrected chi connectivity index (χ3v) is 3.74. The number of carbonyl (C=O) groups excluding carboxylic acids is 2. The van der Waals surface area contributed by atoms with Crippen LogP contribution in [0.15, 0.2) is 0 Å². The molecule has 17 heavy (non-hydrogen) atoms. The summed E-state index contributed by atoms with van der Waals surface area (Å²) in [6.45, 7) is 9.84. The number of hydrogen-bond donors (Lipinski definition) is 0. The Kier molecular flexibility index (Phi) is 7.33. The predicted molar refractivity (Wildman–Crippen MR) is 72.0 cm³/mol. The fraction of sp³-hybridized carbons (Fsp3) is 0.867. The summed E-state index contributed by atoms with van der Waals surface area (Å²) in [7, 11) is 0. The maximum atomic E-state index is 12.1. The molecule has 0 aromatic carbocycles. The van der Waals surface area contributed by atoms with Gasteiger partial charge in [0.2, 0.25) is 11.6 Å². The van der Waals surface area contributed by atoms with Gasteiger partial charge >= 0.3 is 0 Å². The van der Waals surface area contributed by atoms with Crippen molar-refractivity contribution >= 4 is 11.6 Å². The highest BCUT2D eigenvalue weighted by atomic mass is 16.2. The third-order valence-electron chi connectivity index (χ3n) is 3.74. The minimum Gasteiger partial charge on any atom is -0.291 e. The minimum absolute atomic E-state index is 0.0557. The van der Waals surface area contributed by atoms with Gasteiger partial charge in [0.05, 0.1) is 0 Å². The molecule has 0 aromatic rings. The number of hydrogen-bond acceptors (Lipinski definition) is 2. The fourth-order valence-corrected chi connectivity index (χ4v) is 1.84. The minimum atomic E-state index is -0.491. The van der Waals surface area contributed by atoms with Gasteiger partial charge in [0.1, 0.15) is 0 Å². The first-order valence-electron chi connectivity index (χ1n) is 6.99. The summed E-state index contributed by atoms with van der Waals surface area (Å²) < 4.78 is 0. The summed E-state index contributed by atoms with van der Waals surface area (Å²) >= 11 is 0. The summed E-state index contributed by atoms with van der Waals surface area (Å²) in [6, 6.07) is 0. The van der Waals surface area contributed by atoms with Gasteiger partial charge in [-0.2, -0.15) is 0 Å². The number of ketones is 2. The van der Waals surface area contributed by atoms with E-state index < -0.39 is 5.41 Å². The molecule has 0 rings (SSSR count). The fourth-order valence-electron chi connectivity index (χ4n) is 1.84. The first-order chi connectivity index (χ1) is 7.90. The molecule has 0 aliphatic carbocycles. The Bertz CT molecular complexity index is 254. The van der Waals surface area contributed by atoms with Crippen molar-refractivity contribution in [1.29, 1.82) is 0 Å². The Morgan fingerprint density at radius 3 is 2.06 bits per heavy atom. The molecule has 2 heteroatoms. The molecule has 0 N–H and O–H groups in total. The standard InChI is InChI=1S/C15H28O2/c1-6-9-10-11-12(7-2)13(16)14(17)15(4,5)8-3/h12H,6-11H2,1-5H3. The van der Waals surface area contributed by atoms with E-state index in [0.717, 1.165) is 38.5 Å². The van der Waals surface area contributed by atoms with Crippen LogP contribution in [0.2, 0.25) is 0 Å². The number of Topliss-reactive ketones (excluding diaryl/α,β-unsaturated/α-hetero) is 2. The normalized spacial score (nSPS) is 13.5. The van der Waals surface area contributed by atoms with Gasteiger partial charge in [-0.1, -0.05) is 53.9 Å². The van der Waals surface area contributed by atoms with Crippen molar-refractivity contribution in [2.45, 2.75) is 73.1 Å². The average Bonchev–Trinajstić information content (AvgIpc) is 2.33. The number of unbranched alkanes of at least 4 members (excludes halogenated alkanes) is 2. The molecule has 1 unspecified atom stereocenters. The third kappa shape index (κ3) is 5.01. The van der Waals surface area contributed by atoms with Crippen molar-refractivity contribution in [3.8, 4) is 0 Å². The molecule has 0 amide bonds. The topological polar surface area (TPSA) is 34.1 Å². The summed E-state index contributed by atoms with van der Waals surface area (Å²) in [5, 5.41) is 0. The molecule has 0 saturated carbocycles. The van der Waals surface area contributed by atoms with Gasteiger partial charge in [-0.15, -0.1) is 0 Å². The maximum absolute atomic E-state index is 12.1. The van der Waals surface area contributed by atoms with Crippen molar-refractivity contribution in [3.63, 3.8) is 0 Å². The first kappa shape index (κ1) is 16.3. The van der Waals surface area contributed by atoms with Crippen molar-refractivity contribution < 1.29 is 9.59 Å². The first-order valence-corrected chi connectivity index (χ1v) is 6.99. The largest absolute Gasteiger partial charge is 0.291 e. The van der Waals surface area contributed by atoms with Crippen LogP contribution in [0.5, 0.6) is 0 Å². The zero-order chi connectivity index (χ0) is 13.5. The smallest absolute Gasteiger partial charge is 0.204 e. The summed E-state index contributed by atoms with van der Waals surface area (Å²) in [5.74, 6) is -0.376. The molecule has 0 aromatic heterocycles. The lowest BCUT2D eigenvalue weighted by atomic mass is 9.79. The van der Waals surface area contributed by atoms with E-state index in [0.29, 0.717) is 0 Å². The molecule has 0 saturated heterocycles. The summed E-state index contributed by atoms with van der Waals surface area (Å²) in [5.41, 5.74) is -0.491. The number of carbonyl (C=O) groups is 2. The van der Waals surface area contributed by atoms with E-state index in [-0.39, 0.29) is 17.5 Å². The van der Waals surface area contributed by atoms with Crippen LogP contribution in [0.1, 0.15) is 73.1 Å². The lowest BCUT2D eigenvalue weighted by molar-refractivity contribution is -0.144. The van der Waals surface area contributed by atoms with Crippen LogP contribution in [-0.2, 0) is 9.59 Å². The predicted octanol–water partition coefficient (Wildman–Crippen LogP) is 4.17. The quantitative estimate of drug-likeness (QED) is 0.448. The highest BCUT2D eigenvalue weighted by Gasteiger charge is 2.34. The van der Waals surface area contributed by atoms with Gasteiger partial charge in [-0.05, 0) is 19.3 Å². The molecule has 0 aliphatic heterocycles. The second-order valence-electron chi connectivity index (χ2n) is 5.53. The van der Waals surface area contributed by atoms with Crippen LogP contribution >= 0.6 is 0 Å². The molecule has 0 radical (unpaired) electrons. The van der Waals surface area contributed by atoms with Crippen molar-refractivity contribution in [3.05, 3.63) is 0 Å². The Balaban J connectivity index is 4.48. The van der Waals surface area contributed by atoms with E-state index in [1.54, 1.807) is 0 Å². The molecule has 0 aliphatic rings. The van der Waals surface area contributed by atoms with Crippen molar-refractivity contribution in [1.82, 2.24) is 0 Å². The highest BCUT2D eigenvalue weighted by Crippen LogP contribution is 2.25. The number of rotatable bonds is 9. The van der Waals surface area contributed by atoms with Crippen molar-refractivity contribution in [2.75, 3.05) is 0 Å². The monoisotopic (exact) mass is 240 g/mol. The van der Waals surface area contributed by atoms with E-state index in [1.807, 2.05) is 27.7 Å². The molecule has 0 heterocycles. The molecule has 0 spiro atoms. The summed E-state index contributed by atoms with van der Waals surface area (Å²) in [4.78, 5) is 24.2. The van der Waals surface area contributed by atoms with E-state index in [1.165, 1.54) is 0 Å². The van der Waals surface area contributed by atoms with E-state index in [2.05, 4.69) is 6.92 Å². The highest BCUT2D eigenvalue weighted by molar-refractivity contribution is 6.39. The molecular weight excluding hydrogens is 212 g/mol. The molecular formula is C15H28O2. The van der Waals surface area contributed by atoms with E-state index in [4.69, 9.17) is 0 Å². The van der Waals surface area contributed by atoms with Gasteiger partial charge in [-0.3, -0.25) is 9.59 Å². The second-order valence-corrected chi connectivity index (χ2v) is 5.53. The Morgan fingerprint density at radius 2 is 1.65 bits per heavy atom. The van der Waals surface area contributed by atoms with Gasteiger partial charge in [0.15, 0.2) is 0 Å². The van der Waals surface area contributed by atoms with Crippen LogP contribution in [0.25, 0.3) is 0 Å². The molecule has 2 nitrogen and oxygen atoms in total. The molecule has 100 valence electrons. The lowest BCUT2D eigenvalue weighted by Gasteiger charge is -2.22. The zero-order valence-corrected chi connectivity index (χ0v) is 12.1. The van der Waals surface area contributed by atoms with Gasteiger partial charge < -0.3 is 0 Å². The van der Waals surface area contributed by atoms with Crippen LogP contribution in [-0.4, -0.2) is 11.6 Å². The van der Waals surface area contributed by atoms with Gasteiger partial charge in [0.25, 0.3) is 0 Å². The molecule has 1 atom stereocenters. The summed E-state index contributed by atoms with van der Waals surface area (Å²) in [6.07, 6.45) is 5.74. The van der Waals surface area contributed by atoms with Crippen LogP contribution in [0.3, 0.4) is 0 Å². The maximum Gasteiger partial charge on any atom is 0.204 e. The van der Waals surface area contributed by atoms with Crippen molar-refractivity contribution in [2.24, 2.45) is 11.3 Å². The lowest BCUT2D eigenvalue weighted by Crippen LogP contribution is -2.35. The van der Waals surface area contributed by atoms with Crippen LogP contribution < -0.4 is 0 Å². The van der Waals surface area contributed by atoms with Crippen LogP contribution in [0, 0.1) is 11.3 Å². The Hall–Kier alpha value is -0.660. The van der Waals surface area contributed by atoms with Gasteiger partial charge in [-0.25, -0.2) is 0 Å². The Morgan fingerprint density at radius 1 is 1.06 bits per heavy atom. The second kappa shape index (κ2) is 7.62. The van der Waals surface area contributed by atoms with E-state index >= 15 is 0 Å². The zero-order valence-electron chi connectivity index (χ0n) is 12.1. The van der Waals surface area contributed by atoms with Crippen LogP contribution in [0.4, 0.5) is 0 Å².